The second kappa shape index (κ2) is 8.40. The van der Waals surface area contributed by atoms with Crippen molar-refractivity contribution in [3.05, 3.63) is 88.4 Å². The third kappa shape index (κ3) is 3.85. The van der Waals surface area contributed by atoms with Crippen molar-refractivity contribution in [3.63, 3.8) is 0 Å². The molecular formula is C23H23N3OS. The summed E-state index contributed by atoms with van der Waals surface area (Å²) >= 11 is 1.66. The van der Waals surface area contributed by atoms with Crippen molar-refractivity contribution in [3.8, 4) is 0 Å². The van der Waals surface area contributed by atoms with E-state index in [1.165, 1.54) is 0 Å². The van der Waals surface area contributed by atoms with Gasteiger partial charge in [0, 0.05) is 24.3 Å². The predicted octanol–water partition coefficient (Wildman–Crippen LogP) is 4.96. The second-order valence-electron chi connectivity index (χ2n) is 6.69. The summed E-state index contributed by atoms with van der Waals surface area (Å²) in [6, 6.07) is 22.2. The van der Waals surface area contributed by atoms with Gasteiger partial charge in [-0.25, -0.2) is 4.98 Å². The Hall–Kier alpha value is -2.92. The molecule has 0 aliphatic heterocycles. The van der Waals surface area contributed by atoms with Crippen molar-refractivity contribution in [1.82, 2.24) is 14.9 Å². The number of benzene rings is 2. The summed E-state index contributed by atoms with van der Waals surface area (Å²) in [5, 5.41) is 5.25. The molecule has 0 radical (unpaired) electrons. The topological polar surface area (TPSA) is 46.9 Å². The summed E-state index contributed by atoms with van der Waals surface area (Å²) in [6.45, 7) is 2.96. The molecule has 142 valence electrons. The number of imidazole rings is 1. The van der Waals surface area contributed by atoms with Crippen LogP contribution < -0.4 is 5.32 Å². The number of nitrogens with zero attached hydrogens (tertiary/aromatic N) is 2. The number of thiophene rings is 1. The Morgan fingerprint density at radius 2 is 1.86 bits per heavy atom. The molecule has 1 N–H and O–H groups in total. The molecule has 0 bridgehead atoms. The lowest BCUT2D eigenvalue weighted by molar-refractivity contribution is -0.121. The summed E-state index contributed by atoms with van der Waals surface area (Å²) in [5.41, 5.74) is 3.21. The monoisotopic (exact) mass is 389 g/mol. The highest BCUT2D eigenvalue weighted by atomic mass is 32.1. The Morgan fingerprint density at radius 1 is 1.07 bits per heavy atom. The minimum atomic E-state index is -0.112. The van der Waals surface area contributed by atoms with Crippen molar-refractivity contribution in [1.29, 1.82) is 0 Å². The zero-order valence-electron chi connectivity index (χ0n) is 15.8. The van der Waals surface area contributed by atoms with Gasteiger partial charge in [-0.15, -0.1) is 11.3 Å². The highest BCUT2D eigenvalue weighted by Crippen LogP contribution is 2.26. The SMILES string of the molecule is CCn1c(CCC(=O)NC(c2ccccc2)c2cccs2)nc2ccccc21. The zero-order chi connectivity index (χ0) is 19.3. The average molecular weight is 390 g/mol. The van der Waals surface area contributed by atoms with Crippen LogP contribution in [0.1, 0.15) is 35.7 Å². The van der Waals surface area contributed by atoms with Gasteiger partial charge in [-0.1, -0.05) is 48.5 Å². The molecule has 0 aliphatic rings. The highest BCUT2D eigenvalue weighted by molar-refractivity contribution is 7.10. The van der Waals surface area contributed by atoms with Crippen molar-refractivity contribution in [2.45, 2.75) is 32.4 Å². The molecule has 2 aromatic heterocycles. The van der Waals surface area contributed by atoms with Crippen molar-refractivity contribution >= 4 is 28.3 Å². The first-order valence-electron chi connectivity index (χ1n) is 9.58. The summed E-state index contributed by atoms with van der Waals surface area (Å²) in [7, 11) is 0. The van der Waals surface area contributed by atoms with E-state index >= 15 is 0 Å². The molecular weight excluding hydrogens is 366 g/mol. The minimum Gasteiger partial charge on any atom is -0.344 e. The van der Waals surface area contributed by atoms with Crippen LogP contribution >= 0.6 is 11.3 Å². The van der Waals surface area contributed by atoms with Gasteiger partial charge < -0.3 is 9.88 Å². The molecule has 0 aliphatic carbocycles. The Kier molecular flexibility index (Phi) is 5.53. The van der Waals surface area contributed by atoms with Gasteiger partial charge in [0.2, 0.25) is 5.91 Å². The number of carbonyl (C=O) groups is 1. The van der Waals surface area contributed by atoms with E-state index in [1.54, 1.807) is 11.3 Å². The number of rotatable bonds is 7. The molecule has 2 aromatic carbocycles. The van der Waals surface area contributed by atoms with Gasteiger partial charge in [0.25, 0.3) is 0 Å². The van der Waals surface area contributed by atoms with Gasteiger partial charge in [-0.3, -0.25) is 4.79 Å². The van der Waals surface area contributed by atoms with Crippen molar-refractivity contribution < 1.29 is 4.79 Å². The van der Waals surface area contributed by atoms with E-state index in [0.29, 0.717) is 12.8 Å². The second-order valence-corrected chi connectivity index (χ2v) is 7.67. The summed E-state index contributed by atoms with van der Waals surface area (Å²) in [4.78, 5) is 18.6. The van der Waals surface area contributed by atoms with Crippen LogP contribution in [0.4, 0.5) is 0 Å². The lowest BCUT2D eigenvalue weighted by atomic mass is 10.1. The average Bonchev–Trinajstić information content (AvgIpc) is 3.38. The van der Waals surface area contributed by atoms with Gasteiger partial charge >= 0.3 is 0 Å². The fraction of sp³-hybridized carbons (Fsp3) is 0.217. The number of para-hydroxylation sites is 2. The minimum absolute atomic E-state index is 0.0389. The summed E-state index contributed by atoms with van der Waals surface area (Å²) in [5.74, 6) is 1.00. The molecule has 0 saturated heterocycles. The van der Waals surface area contributed by atoms with E-state index in [1.807, 2.05) is 47.8 Å². The van der Waals surface area contributed by atoms with Crippen LogP contribution in [-0.4, -0.2) is 15.5 Å². The van der Waals surface area contributed by atoms with Crippen molar-refractivity contribution in [2.75, 3.05) is 0 Å². The first-order valence-corrected chi connectivity index (χ1v) is 10.5. The lowest BCUT2D eigenvalue weighted by Crippen LogP contribution is -2.29. The Balaban J connectivity index is 1.49. The molecule has 4 rings (SSSR count). The molecule has 0 spiro atoms. The highest BCUT2D eigenvalue weighted by Gasteiger charge is 2.18. The van der Waals surface area contributed by atoms with Crippen molar-refractivity contribution in [2.24, 2.45) is 0 Å². The third-order valence-corrected chi connectivity index (χ3v) is 5.83. The largest absolute Gasteiger partial charge is 0.344 e. The van der Waals surface area contributed by atoms with Crippen LogP contribution in [0.2, 0.25) is 0 Å². The maximum Gasteiger partial charge on any atom is 0.221 e. The molecule has 1 unspecified atom stereocenters. The maximum atomic E-state index is 12.8. The maximum absolute atomic E-state index is 12.8. The number of fused-ring (bicyclic) bond motifs is 1. The van der Waals surface area contributed by atoms with Crippen LogP contribution in [-0.2, 0) is 17.8 Å². The molecule has 4 nitrogen and oxygen atoms in total. The van der Waals surface area contributed by atoms with Gasteiger partial charge in [0.15, 0.2) is 0 Å². The molecule has 1 atom stereocenters. The van der Waals surface area contributed by atoms with Gasteiger partial charge in [0.05, 0.1) is 17.1 Å². The first kappa shape index (κ1) is 18.4. The summed E-state index contributed by atoms with van der Waals surface area (Å²) < 4.78 is 2.19. The number of aryl methyl sites for hydroxylation is 2. The van der Waals surface area contributed by atoms with E-state index in [4.69, 9.17) is 4.98 Å². The predicted molar refractivity (Wildman–Crippen MR) is 114 cm³/mol. The zero-order valence-corrected chi connectivity index (χ0v) is 16.7. The molecule has 5 heteroatoms. The van der Waals surface area contributed by atoms with Crippen LogP contribution in [0.25, 0.3) is 11.0 Å². The fourth-order valence-corrected chi connectivity index (χ4v) is 4.35. The number of amides is 1. The van der Waals surface area contributed by atoms with E-state index in [0.717, 1.165) is 33.8 Å². The van der Waals surface area contributed by atoms with Gasteiger partial charge in [-0.2, -0.15) is 0 Å². The number of hydrogen-bond donors (Lipinski definition) is 1. The number of hydrogen-bond acceptors (Lipinski definition) is 3. The fourth-order valence-electron chi connectivity index (χ4n) is 3.55. The molecule has 1 amide bonds. The van der Waals surface area contributed by atoms with Gasteiger partial charge in [0.1, 0.15) is 5.82 Å². The Labute approximate surface area is 168 Å². The van der Waals surface area contributed by atoms with Crippen LogP contribution in [0.5, 0.6) is 0 Å². The molecule has 2 heterocycles. The number of aromatic nitrogens is 2. The van der Waals surface area contributed by atoms with E-state index in [2.05, 4.69) is 41.1 Å². The first-order chi connectivity index (χ1) is 13.8. The summed E-state index contributed by atoms with van der Waals surface area (Å²) in [6.07, 6.45) is 1.04. The number of carbonyl (C=O) groups excluding carboxylic acids is 1. The molecule has 4 aromatic rings. The molecule has 0 saturated carbocycles. The van der Waals surface area contributed by atoms with Crippen LogP contribution in [0, 0.1) is 0 Å². The van der Waals surface area contributed by atoms with Crippen LogP contribution in [0.15, 0.2) is 72.1 Å². The molecule has 28 heavy (non-hydrogen) atoms. The smallest absolute Gasteiger partial charge is 0.221 e. The molecule has 0 fully saturated rings. The van der Waals surface area contributed by atoms with Gasteiger partial charge in [-0.05, 0) is 36.1 Å². The van der Waals surface area contributed by atoms with E-state index in [9.17, 15) is 4.79 Å². The standard InChI is InChI=1S/C23H23N3OS/c1-2-26-19-12-7-6-11-18(19)24-21(26)14-15-22(27)25-23(20-13-8-16-28-20)17-9-4-3-5-10-17/h3-13,16,23H,2,14-15H2,1H3,(H,25,27). The third-order valence-electron chi connectivity index (χ3n) is 4.89. The quantitative estimate of drug-likeness (QED) is 0.486. The van der Waals surface area contributed by atoms with E-state index in [-0.39, 0.29) is 11.9 Å². The number of nitrogens with one attached hydrogen (secondary N) is 1. The lowest BCUT2D eigenvalue weighted by Gasteiger charge is -2.18. The van der Waals surface area contributed by atoms with Crippen LogP contribution in [0.3, 0.4) is 0 Å². The Morgan fingerprint density at radius 3 is 2.61 bits per heavy atom. The van der Waals surface area contributed by atoms with E-state index < -0.39 is 0 Å². The Bertz CT molecular complexity index is 1050. The normalized spacial score (nSPS) is 12.2.